The van der Waals surface area contributed by atoms with Gasteiger partial charge in [0.15, 0.2) is 0 Å². The number of rotatable bonds is 4. The average molecular weight is 258 g/mol. The van der Waals surface area contributed by atoms with Gasteiger partial charge in [-0.25, -0.2) is 0 Å². The smallest absolute Gasteiger partial charge is 0.271 e. The summed E-state index contributed by atoms with van der Waals surface area (Å²) in [6.45, 7) is 2.89. The molecule has 100 valence electrons. The Bertz CT molecular complexity index is 539. The number of aryl methyl sites for hydroxylation is 1. The summed E-state index contributed by atoms with van der Waals surface area (Å²) in [5.74, 6) is 2.15. The summed E-state index contributed by atoms with van der Waals surface area (Å²) in [7, 11) is 0. The maximum absolute atomic E-state index is 10.8. The quantitative estimate of drug-likeness (QED) is 0.510. The standard InChI is InChI=1S/C15H18N2O2/c1-10-2-5-14(17(18)19)8-15(10)16-9-13-7-11-3-4-12(13)6-11/h2-5,8,11-13,16H,6-7,9H2,1H3. The molecule has 4 nitrogen and oxygen atoms in total. The number of nitro benzene ring substituents is 1. The average Bonchev–Trinajstić information content (AvgIpc) is 2.99. The van der Waals surface area contributed by atoms with Crippen LogP contribution in [0, 0.1) is 34.8 Å². The Labute approximate surface area is 112 Å². The van der Waals surface area contributed by atoms with E-state index in [4.69, 9.17) is 0 Å². The van der Waals surface area contributed by atoms with Crippen molar-refractivity contribution in [1.29, 1.82) is 0 Å². The maximum Gasteiger partial charge on any atom is 0.271 e. The highest BCUT2D eigenvalue weighted by atomic mass is 16.6. The molecule has 3 rings (SSSR count). The van der Waals surface area contributed by atoms with Crippen LogP contribution < -0.4 is 5.32 Å². The van der Waals surface area contributed by atoms with Gasteiger partial charge in [0.25, 0.3) is 5.69 Å². The van der Waals surface area contributed by atoms with E-state index in [1.807, 2.05) is 6.92 Å². The molecular formula is C15H18N2O2. The first-order valence-electron chi connectivity index (χ1n) is 6.80. The van der Waals surface area contributed by atoms with Crippen LogP contribution in [0.3, 0.4) is 0 Å². The second-order valence-electron chi connectivity index (χ2n) is 5.68. The fourth-order valence-corrected chi connectivity index (χ4v) is 3.28. The van der Waals surface area contributed by atoms with Gasteiger partial charge in [-0.15, -0.1) is 0 Å². The van der Waals surface area contributed by atoms with Crippen molar-refractivity contribution in [1.82, 2.24) is 0 Å². The molecule has 3 atom stereocenters. The van der Waals surface area contributed by atoms with Gasteiger partial charge < -0.3 is 5.32 Å². The molecule has 0 saturated heterocycles. The topological polar surface area (TPSA) is 55.2 Å². The van der Waals surface area contributed by atoms with Gasteiger partial charge in [-0.3, -0.25) is 10.1 Å². The summed E-state index contributed by atoms with van der Waals surface area (Å²) >= 11 is 0. The predicted molar refractivity (Wildman–Crippen MR) is 75.2 cm³/mol. The minimum absolute atomic E-state index is 0.154. The Balaban J connectivity index is 1.68. The van der Waals surface area contributed by atoms with Crippen molar-refractivity contribution in [3.05, 3.63) is 46.0 Å². The number of benzene rings is 1. The second-order valence-corrected chi connectivity index (χ2v) is 5.68. The number of nitro groups is 1. The zero-order valence-corrected chi connectivity index (χ0v) is 11.0. The van der Waals surface area contributed by atoms with E-state index in [1.165, 1.54) is 12.8 Å². The van der Waals surface area contributed by atoms with Gasteiger partial charge >= 0.3 is 0 Å². The molecule has 1 saturated carbocycles. The lowest BCUT2D eigenvalue weighted by Crippen LogP contribution is -2.18. The van der Waals surface area contributed by atoms with Gasteiger partial charge in [-0.2, -0.15) is 0 Å². The zero-order valence-electron chi connectivity index (χ0n) is 11.0. The predicted octanol–water partition coefficient (Wildman–Crippen LogP) is 3.53. The van der Waals surface area contributed by atoms with E-state index in [0.717, 1.165) is 23.7 Å². The highest BCUT2D eigenvalue weighted by molar-refractivity contribution is 5.56. The molecule has 3 unspecified atom stereocenters. The first-order chi connectivity index (χ1) is 9.13. The van der Waals surface area contributed by atoms with Crippen molar-refractivity contribution in [2.24, 2.45) is 17.8 Å². The Morgan fingerprint density at radius 1 is 1.37 bits per heavy atom. The summed E-state index contributed by atoms with van der Waals surface area (Å²) in [4.78, 5) is 10.5. The van der Waals surface area contributed by atoms with Crippen molar-refractivity contribution < 1.29 is 4.92 Å². The summed E-state index contributed by atoms with van der Waals surface area (Å²) in [5.41, 5.74) is 2.10. The van der Waals surface area contributed by atoms with Crippen LogP contribution >= 0.6 is 0 Å². The van der Waals surface area contributed by atoms with Gasteiger partial charge in [0.05, 0.1) is 4.92 Å². The molecule has 0 heterocycles. The number of fused-ring (bicyclic) bond motifs is 2. The lowest BCUT2D eigenvalue weighted by molar-refractivity contribution is -0.384. The molecule has 0 aliphatic heterocycles. The van der Waals surface area contributed by atoms with Crippen LogP contribution in [0.25, 0.3) is 0 Å². The van der Waals surface area contributed by atoms with Gasteiger partial charge in [0.1, 0.15) is 0 Å². The van der Waals surface area contributed by atoms with E-state index in [1.54, 1.807) is 18.2 Å². The third kappa shape index (κ3) is 2.35. The first-order valence-corrected chi connectivity index (χ1v) is 6.80. The maximum atomic E-state index is 10.8. The van der Waals surface area contributed by atoms with Gasteiger partial charge in [0.2, 0.25) is 0 Å². The Morgan fingerprint density at radius 2 is 2.21 bits per heavy atom. The number of anilines is 1. The van der Waals surface area contributed by atoms with Crippen molar-refractivity contribution >= 4 is 11.4 Å². The summed E-state index contributed by atoms with van der Waals surface area (Å²) < 4.78 is 0. The van der Waals surface area contributed by atoms with E-state index in [2.05, 4.69) is 17.5 Å². The summed E-state index contributed by atoms with van der Waals surface area (Å²) in [6.07, 6.45) is 7.21. The van der Waals surface area contributed by atoms with Crippen molar-refractivity contribution in [3.63, 3.8) is 0 Å². The largest absolute Gasteiger partial charge is 0.384 e. The highest BCUT2D eigenvalue weighted by Gasteiger charge is 2.35. The zero-order chi connectivity index (χ0) is 13.4. The third-order valence-electron chi connectivity index (χ3n) is 4.40. The molecule has 0 amide bonds. The summed E-state index contributed by atoms with van der Waals surface area (Å²) in [5, 5.41) is 14.2. The minimum atomic E-state index is -0.342. The number of nitrogens with zero attached hydrogens (tertiary/aromatic N) is 1. The Kier molecular flexibility index (Phi) is 3.01. The molecule has 0 spiro atoms. The van der Waals surface area contributed by atoms with E-state index >= 15 is 0 Å². The molecule has 1 aromatic rings. The lowest BCUT2D eigenvalue weighted by atomic mass is 9.93. The Hall–Kier alpha value is -1.84. The molecule has 19 heavy (non-hydrogen) atoms. The molecular weight excluding hydrogens is 240 g/mol. The second kappa shape index (κ2) is 4.68. The van der Waals surface area contributed by atoms with Crippen LogP contribution in [0.1, 0.15) is 18.4 Å². The molecule has 1 fully saturated rings. The minimum Gasteiger partial charge on any atom is -0.384 e. The van der Waals surface area contributed by atoms with Crippen LogP contribution in [-0.2, 0) is 0 Å². The number of nitrogens with one attached hydrogen (secondary N) is 1. The monoisotopic (exact) mass is 258 g/mol. The van der Waals surface area contributed by atoms with Gasteiger partial charge in [-0.1, -0.05) is 18.2 Å². The molecule has 0 aromatic heterocycles. The number of allylic oxidation sites excluding steroid dienone is 2. The van der Waals surface area contributed by atoms with Crippen molar-refractivity contribution in [3.8, 4) is 0 Å². The third-order valence-corrected chi connectivity index (χ3v) is 4.40. The van der Waals surface area contributed by atoms with Crippen LogP contribution in [0.4, 0.5) is 11.4 Å². The van der Waals surface area contributed by atoms with E-state index < -0.39 is 0 Å². The number of hydrogen-bond acceptors (Lipinski definition) is 3. The van der Waals surface area contributed by atoms with Gasteiger partial charge in [0, 0.05) is 24.4 Å². The van der Waals surface area contributed by atoms with Crippen LogP contribution in [0.15, 0.2) is 30.4 Å². The van der Waals surface area contributed by atoms with E-state index in [0.29, 0.717) is 11.8 Å². The SMILES string of the molecule is Cc1ccc([N+](=O)[O-])cc1NCC1CC2C=CC1C2. The Morgan fingerprint density at radius 3 is 2.84 bits per heavy atom. The molecule has 0 radical (unpaired) electrons. The summed E-state index contributed by atoms with van der Waals surface area (Å²) in [6, 6.07) is 5.00. The number of non-ortho nitro benzene ring substituents is 1. The lowest BCUT2D eigenvalue weighted by Gasteiger charge is -2.19. The molecule has 1 aromatic carbocycles. The van der Waals surface area contributed by atoms with Crippen LogP contribution in [-0.4, -0.2) is 11.5 Å². The normalized spacial score (nSPS) is 27.7. The first kappa shape index (κ1) is 12.2. The van der Waals surface area contributed by atoms with Crippen molar-refractivity contribution in [2.75, 3.05) is 11.9 Å². The molecule has 2 aliphatic carbocycles. The number of hydrogen-bond donors (Lipinski definition) is 1. The molecule has 1 N–H and O–H groups in total. The fraction of sp³-hybridized carbons (Fsp3) is 0.467. The van der Waals surface area contributed by atoms with Gasteiger partial charge in [-0.05, 0) is 43.1 Å². The van der Waals surface area contributed by atoms with Crippen LogP contribution in [0.5, 0.6) is 0 Å². The molecule has 2 aliphatic rings. The van der Waals surface area contributed by atoms with Crippen molar-refractivity contribution in [2.45, 2.75) is 19.8 Å². The van der Waals surface area contributed by atoms with E-state index in [-0.39, 0.29) is 10.6 Å². The molecule has 2 bridgehead atoms. The van der Waals surface area contributed by atoms with E-state index in [9.17, 15) is 10.1 Å². The molecule has 4 heteroatoms. The highest BCUT2D eigenvalue weighted by Crippen LogP contribution is 2.43. The van der Waals surface area contributed by atoms with Crippen LogP contribution in [0.2, 0.25) is 0 Å². The fourth-order valence-electron chi connectivity index (χ4n) is 3.28.